The van der Waals surface area contributed by atoms with Crippen molar-refractivity contribution in [3.63, 3.8) is 0 Å². The Kier molecular flexibility index (Phi) is 5.17. The van der Waals surface area contributed by atoms with Gasteiger partial charge in [-0.25, -0.2) is 0 Å². The monoisotopic (exact) mass is 356 g/mol. The highest BCUT2D eigenvalue weighted by Gasteiger charge is 2.28. The minimum absolute atomic E-state index is 0.00332. The van der Waals surface area contributed by atoms with E-state index in [0.717, 1.165) is 56.1 Å². The molecule has 1 unspecified atom stereocenters. The van der Waals surface area contributed by atoms with Crippen LogP contribution in [0.2, 0.25) is 0 Å². The minimum atomic E-state index is 0.00332. The summed E-state index contributed by atoms with van der Waals surface area (Å²) in [6.07, 6.45) is 3.20. The normalized spacial score (nSPS) is 20.5. The molecule has 26 heavy (non-hydrogen) atoms. The van der Waals surface area contributed by atoms with Gasteiger partial charge in [0.1, 0.15) is 11.6 Å². The molecule has 7 heteroatoms. The van der Waals surface area contributed by atoms with Crippen LogP contribution in [0, 0.1) is 0 Å². The van der Waals surface area contributed by atoms with E-state index in [-0.39, 0.29) is 11.8 Å². The Balaban J connectivity index is 1.36. The molecule has 7 nitrogen and oxygen atoms in total. The molecular formula is C19H24N4O3. The van der Waals surface area contributed by atoms with Crippen LogP contribution in [-0.2, 0) is 9.53 Å². The van der Waals surface area contributed by atoms with Gasteiger partial charge in [0.15, 0.2) is 0 Å². The molecule has 0 aliphatic carbocycles. The predicted octanol–water partition coefficient (Wildman–Crippen LogP) is 1.98. The molecule has 2 aromatic rings. The first-order valence-electron chi connectivity index (χ1n) is 9.15. The molecule has 3 heterocycles. The van der Waals surface area contributed by atoms with Crippen molar-refractivity contribution in [3.05, 3.63) is 41.6 Å². The van der Waals surface area contributed by atoms with E-state index in [1.807, 2.05) is 24.3 Å². The maximum Gasteiger partial charge on any atom is 0.226 e. The number of carbonyl (C=O) groups is 1. The number of H-pyrrole nitrogens is 1. The van der Waals surface area contributed by atoms with Crippen LogP contribution in [0.3, 0.4) is 0 Å². The maximum absolute atomic E-state index is 11.9. The van der Waals surface area contributed by atoms with Crippen molar-refractivity contribution in [2.45, 2.75) is 18.8 Å². The molecule has 1 aromatic carbocycles. The van der Waals surface area contributed by atoms with E-state index in [4.69, 9.17) is 9.47 Å². The number of aromatic nitrogens is 2. The van der Waals surface area contributed by atoms with E-state index in [0.29, 0.717) is 18.8 Å². The first-order valence-corrected chi connectivity index (χ1v) is 9.15. The highest BCUT2D eigenvalue weighted by atomic mass is 16.5. The number of fused-ring (bicyclic) bond motifs is 1. The SMILES string of the molecule is O=C1CC(c2cccc(OCCCN3CCOCC3)c2)c2cn[nH]c2N1. The summed E-state index contributed by atoms with van der Waals surface area (Å²) < 4.78 is 11.3. The Hall–Kier alpha value is -2.38. The van der Waals surface area contributed by atoms with Crippen LogP contribution in [-0.4, -0.2) is 60.5 Å². The number of rotatable bonds is 6. The summed E-state index contributed by atoms with van der Waals surface area (Å²) in [6, 6.07) is 8.03. The van der Waals surface area contributed by atoms with Gasteiger partial charge in [-0.15, -0.1) is 0 Å². The zero-order chi connectivity index (χ0) is 17.8. The lowest BCUT2D eigenvalue weighted by atomic mass is 9.87. The van der Waals surface area contributed by atoms with Crippen molar-refractivity contribution in [2.75, 3.05) is 44.8 Å². The topological polar surface area (TPSA) is 79.5 Å². The Labute approximate surface area is 152 Å². The Morgan fingerprint density at radius 3 is 3.08 bits per heavy atom. The van der Waals surface area contributed by atoms with Crippen molar-refractivity contribution in [2.24, 2.45) is 0 Å². The standard InChI is InChI=1S/C19H24N4O3/c24-18-12-16(17-13-20-22-19(17)21-18)14-3-1-4-15(11-14)26-8-2-5-23-6-9-25-10-7-23/h1,3-4,11,13,16H,2,5-10,12H2,(H2,20,21,22,24). The molecule has 0 saturated carbocycles. The van der Waals surface area contributed by atoms with Gasteiger partial charge in [0.2, 0.25) is 5.91 Å². The Bertz CT molecular complexity index is 755. The lowest BCUT2D eigenvalue weighted by Crippen LogP contribution is -2.37. The average molecular weight is 356 g/mol. The second-order valence-electron chi connectivity index (χ2n) is 6.73. The summed E-state index contributed by atoms with van der Waals surface area (Å²) >= 11 is 0. The van der Waals surface area contributed by atoms with Gasteiger partial charge in [-0.3, -0.25) is 14.8 Å². The molecule has 1 fully saturated rings. The highest BCUT2D eigenvalue weighted by Crippen LogP contribution is 2.36. The smallest absolute Gasteiger partial charge is 0.226 e. The fraction of sp³-hybridized carbons (Fsp3) is 0.474. The van der Waals surface area contributed by atoms with Gasteiger partial charge in [-0.2, -0.15) is 5.10 Å². The largest absolute Gasteiger partial charge is 0.494 e. The van der Waals surface area contributed by atoms with Gasteiger partial charge in [-0.05, 0) is 24.1 Å². The predicted molar refractivity (Wildman–Crippen MR) is 97.5 cm³/mol. The number of nitrogens with one attached hydrogen (secondary N) is 2. The summed E-state index contributed by atoms with van der Waals surface area (Å²) in [4.78, 5) is 14.4. The fourth-order valence-electron chi connectivity index (χ4n) is 3.57. The van der Waals surface area contributed by atoms with E-state index in [2.05, 4.69) is 20.4 Å². The molecule has 1 amide bonds. The molecular weight excluding hydrogens is 332 g/mol. The second kappa shape index (κ2) is 7.88. The van der Waals surface area contributed by atoms with E-state index < -0.39 is 0 Å². The van der Waals surface area contributed by atoms with Gasteiger partial charge in [-0.1, -0.05) is 12.1 Å². The molecule has 2 aliphatic rings. The molecule has 1 saturated heterocycles. The summed E-state index contributed by atoms with van der Waals surface area (Å²) in [7, 11) is 0. The molecule has 2 aliphatic heterocycles. The summed E-state index contributed by atoms with van der Waals surface area (Å²) in [6.45, 7) is 5.38. The van der Waals surface area contributed by atoms with Gasteiger partial charge >= 0.3 is 0 Å². The van der Waals surface area contributed by atoms with E-state index in [9.17, 15) is 4.79 Å². The van der Waals surface area contributed by atoms with Crippen LogP contribution in [0.4, 0.5) is 5.82 Å². The number of nitrogens with zero attached hydrogens (tertiary/aromatic N) is 2. The first-order chi connectivity index (χ1) is 12.8. The lowest BCUT2D eigenvalue weighted by molar-refractivity contribution is -0.116. The highest BCUT2D eigenvalue weighted by molar-refractivity contribution is 5.94. The number of hydrogen-bond acceptors (Lipinski definition) is 5. The van der Waals surface area contributed by atoms with Crippen LogP contribution in [0.15, 0.2) is 30.5 Å². The van der Waals surface area contributed by atoms with Crippen molar-refractivity contribution >= 4 is 11.7 Å². The number of benzene rings is 1. The van der Waals surface area contributed by atoms with Crippen molar-refractivity contribution in [1.29, 1.82) is 0 Å². The average Bonchev–Trinajstić information content (AvgIpc) is 3.14. The van der Waals surface area contributed by atoms with Gasteiger partial charge < -0.3 is 14.8 Å². The summed E-state index contributed by atoms with van der Waals surface area (Å²) in [5, 5.41) is 9.73. The molecule has 2 N–H and O–H groups in total. The molecule has 0 radical (unpaired) electrons. The van der Waals surface area contributed by atoms with Crippen LogP contribution >= 0.6 is 0 Å². The summed E-state index contributed by atoms with van der Waals surface area (Å²) in [5.74, 6) is 1.56. The van der Waals surface area contributed by atoms with Gasteiger partial charge in [0, 0.05) is 37.5 Å². The number of morpholine rings is 1. The van der Waals surface area contributed by atoms with Gasteiger partial charge in [0.05, 0.1) is 26.0 Å². The molecule has 4 rings (SSSR count). The number of amides is 1. The zero-order valence-electron chi connectivity index (χ0n) is 14.7. The number of carbonyl (C=O) groups excluding carboxylic acids is 1. The Morgan fingerprint density at radius 1 is 1.31 bits per heavy atom. The molecule has 0 bridgehead atoms. The number of anilines is 1. The van der Waals surface area contributed by atoms with E-state index >= 15 is 0 Å². The molecule has 1 aromatic heterocycles. The molecule has 0 spiro atoms. The number of aromatic amines is 1. The lowest BCUT2D eigenvalue weighted by Gasteiger charge is -2.26. The minimum Gasteiger partial charge on any atom is -0.494 e. The van der Waals surface area contributed by atoms with Crippen molar-refractivity contribution in [1.82, 2.24) is 15.1 Å². The van der Waals surface area contributed by atoms with Crippen LogP contribution in [0.1, 0.15) is 29.9 Å². The van der Waals surface area contributed by atoms with Crippen LogP contribution < -0.4 is 10.1 Å². The van der Waals surface area contributed by atoms with E-state index in [1.165, 1.54) is 0 Å². The third-order valence-corrected chi connectivity index (χ3v) is 4.95. The third-order valence-electron chi connectivity index (χ3n) is 4.95. The zero-order valence-corrected chi connectivity index (χ0v) is 14.7. The maximum atomic E-state index is 11.9. The van der Waals surface area contributed by atoms with E-state index in [1.54, 1.807) is 6.20 Å². The first kappa shape index (κ1) is 17.1. The molecule has 138 valence electrons. The van der Waals surface area contributed by atoms with Crippen molar-refractivity contribution < 1.29 is 14.3 Å². The van der Waals surface area contributed by atoms with Crippen LogP contribution in [0.25, 0.3) is 0 Å². The number of hydrogen-bond donors (Lipinski definition) is 2. The summed E-state index contributed by atoms with van der Waals surface area (Å²) in [5.41, 5.74) is 2.10. The second-order valence-corrected chi connectivity index (χ2v) is 6.73. The quantitative estimate of drug-likeness (QED) is 0.774. The van der Waals surface area contributed by atoms with Crippen LogP contribution in [0.5, 0.6) is 5.75 Å². The van der Waals surface area contributed by atoms with Gasteiger partial charge in [0.25, 0.3) is 0 Å². The fourth-order valence-corrected chi connectivity index (χ4v) is 3.57. The Morgan fingerprint density at radius 2 is 2.19 bits per heavy atom. The molecule has 1 atom stereocenters. The van der Waals surface area contributed by atoms with Crippen molar-refractivity contribution in [3.8, 4) is 5.75 Å². The third kappa shape index (κ3) is 3.89. The number of ether oxygens (including phenoxy) is 2.